The number of hydrazine groups is 1. The van der Waals surface area contributed by atoms with Crippen molar-refractivity contribution in [1.82, 2.24) is 20.2 Å². The summed E-state index contributed by atoms with van der Waals surface area (Å²) in [6.07, 6.45) is 3.39. The molecule has 0 saturated carbocycles. The van der Waals surface area contributed by atoms with Gasteiger partial charge in [0.05, 0.1) is 6.04 Å². The maximum Gasteiger partial charge on any atom is 0.138 e. The van der Waals surface area contributed by atoms with Crippen LogP contribution in [0, 0.1) is 13.8 Å². The van der Waals surface area contributed by atoms with E-state index in [2.05, 4.69) is 54.5 Å². The van der Waals surface area contributed by atoms with Gasteiger partial charge in [-0.05, 0) is 25.8 Å². The SMILES string of the molecule is CCCn1ncnc1CC(NN)c1cc(C)cc(C)c1. The molecule has 5 heteroatoms. The zero-order valence-electron chi connectivity index (χ0n) is 12.4. The van der Waals surface area contributed by atoms with Crippen LogP contribution in [0.2, 0.25) is 0 Å². The third kappa shape index (κ3) is 3.43. The van der Waals surface area contributed by atoms with Gasteiger partial charge in [-0.25, -0.2) is 4.98 Å². The van der Waals surface area contributed by atoms with Gasteiger partial charge in [0.1, 0.15) is 12.2 Å². The summed E-state index contributed by atoms with van der Waals surface area (Å²) in [6.45, 7) is 7.22. The zero-order valence-corrected chi connectivity index (χ0v) is 12.4. The van der Waals surface area contributed by atoms with Gasteiger partial charge in [0.25, 0.3) is 0 Å². The molecule has 20 heavy (non-hydrogen) atoms. The van der Waals surface area contributed by atoms with Gasteiger partial charge in [-0.15, -0.1) is 0 Å². The number of aryl methyl sites for hydroxylation is 3. The van der Waals surface area contributed by atoms with E-state index in [0.717, 1.165) is 25.2 Å². The predicted molar refractivity (Wildman–Crippen MR) is 80.0 cm³/mol. The second-order valence-electron chi connectivity index (χ2n) is 5.24. The minimum absolute atomic E-state index is 0.0495. The molecule has 0 radical (unpaired) electrons. The van der Waals surface area contributed by atoms with E-state index in [1.165, 1.54) is 16.7 Å². The molecule has 108 valence electrons. The maximum absolute atomic E-state index is 5.74. The van der Waals surface area contributed by atoms with Crippen molar-refractivity contribution in [2.75, 3.05) is 0 Å². The molecule has 3 N–H and O–H groups in total. The van der Waals surface area contributed by atoms with E-state index < -0.39 is 0 Å². The van der Waals surface area contributed by atoms with Crippen LogP contribution >= 0.6 is 0 Å². The van der Waals surface area contributed by atoms with Crippen LogP contribution in [0.5, 0.6) is 0 Å². The van der Waals surface area contributed by atoms with E-state index in [4.69, 9.17) is 5.84 Å². The molecule has 2 aromatic rings. The molecule has 1 aromatic carbocycles. The van der Waals surface area contributed by atoms with E-state index >= 15 is 0 Å². The van der Waals surface area contributed by atoms with Gasteiger partial charge in [0.15, 0.2) is 0 Å². The molecule has 2 rings (SSSR count). The number of benzene rings is 1. The van der Waals surface area contributed by atoms with E-state index in [9.17, 15) is 0 Å². The van der Waals surface area contributed by atoms with Crippen LogP contribution < -0.4 is 11.3 Å². The van der Waals surface area contributed by atoms with E-state index in [1.54, 1.807) is 6.33 Å². The highest BCUT2D eigenvalue weighted by atomic mass is 15.3. The minimum Gasteiger partial charge on any atom is -0.271 e. The van der Waals surface area contributed by atoms with Crippen molar-refractivity contribution in [2.45, 2.75) is 46.2 Å². The van der Waals surface area contributed by atoms with Crippen molar-refractivity contribution >= 4 is 0 Å². The first-order chi connectivity index (χ1) is 9.63. The summed E-state index contributed by atoms with van der Waals surface area (Å²) in [5, 5.41) is 4.26. The Kier molecular flexibility index (Phi) is 4.87. The van der Waals surface area contributed by atoms with Crippen molar-refractivity contribution in [3.8, 4) is 0 Å². The molecule has 0 aliphatic carbocycles. The average molecular weight is 273 g/mol. The highest BCUT2D eigenvalue weighted by Crippen LogP contribution is 2.19. The van der Waals surface area contributed by atoms with E-state index in [-0.39, 0.29) is 6.04 Å². The Labute approximate surface area is 120 Å². The molecule has 0 bridgehead atoms. The largest absolute Gasteiger partial charge is 0.271 e. The number of aromatic nitrogens is 3. The van der Waals surface area contributed by atoms with E-state index in [1.807, 2.05) is 4.68 Å². The topological polar surface area (TPSA) is 68.8 Å². The second-order valence-corrected chi connectivity index (χ2v) is 5.24. The van der Waals surface area contributed by atoms with Crippen molar-refractivity contribution < 1.29 is 0 Å². The molecule has 0 spiro atoms. The molecule has 0 amide bonds. The van der Waals surface area contributed by atoms with Crippen LogP contribution in [0.4, 0.5) is 0 Å². The first kappa shape index (κ1) is 14.7. The van der Waals surface area contributed by atoms with Crippen molar-refractivity contribution in [1.29, 1.82) is 0 Å². The summed E-state index contributed by atoms with van der Waals surface area (Å²) in [4.78, 5) is 4.35. The molecular weight excluding hydrogens is 250 g/mol. The Bertz CT molecular complexity index is 541. The summed E-state index contributed by atoms with van der Waals surface area (Å²) >= 11 is 0. The summed E-state index contributed by atoms with van der Waals surface area (Å²) in [6, 6.07) is 6.54. The molecule has 1 heterocycles. The fraction of sp³-hybridized carbons (Fsp3) is 0.467. The first-order valence-electron chi connectivity index (χ1n) is 7.05. The molecule has 1 aromatic heterocycles. The standard InChI is InChI=1S/C15H23N5/c1-4-5-20-15(17-10-18-20)9-14(19-16)13-7-11(2)6-12(3)8-13/h6-8,10,14,19H,4-5,9,16H2,1-3H3. The lowest BCUT2D eigenvalue weighted by Gasteiger charge is -2.17. The highest BCUT2D eigenvalue weighted by Gasteiger charge is 2.15. The second kappa shape index (κ2) is 6.63. The third-order valence-electron chi connectivity index (χ3n) is 3.37. The molecule has 0 aliphatic heterocycles. The molecular formula is C15H23N5. The Morgan fingerprint density at radius 2 is 1.95 bits per heavy atom. The fourth-order valence-corrected chi connectivity index (χ4v) is 2.51. The van der Waals surface area contributed by atoms with Gasteiger partial charge in [0.2, 0.25) is 0 Å². The lowest BCUT2D eigenvalue weighted by atomic mass is 9.99. The normalized spacial score (nSPS) is 12.6. The Morgan fingerprint density at radius 1 is 1.25 bits per heavy atom. The lowest BCUT2D eigenvalue weighted by molar-refractivity contribution is 0.499. The Morgan fingerprint density at radius 3 is 2.55 bits per heavy atom. The molecule has 0 aliphatic rings. The molecule has 1 atom stereocenters. The number of hydrogen-bond acceptors (Lipinski definition) is 4. The molecule has 0 fully saturated rings. The predicted octanol–water partition coefficient (Wildman–Crippen LogP) is 2.05. The fourth-order valence-electron chi connectivity index (χ4n) is 2.51. The number of nitrogens with two attached hydrogens (primary N) is 1. The van der Waals surface area contributed by atoms with Gasteiger partial charge in [-0.1, -0.05) is 36.2 Å². The molecule has 5 nitrogen and oxygen atoms in total. The van der Waals surface area contributed by atoms with Crippen LogP contribution in [-0.2, 0) is 13.0 Å². The van der Waals surface area contributed by atoms with Crippen LogP contribution in [-0.4, -0.2) is 14.8 Å². The van der Waals surface area contributed by atoms with Crippen molar-refractivity contribution in [3.05, 3.63) is 47.0 Å². The third-order valence-corrected chi connectivity index (χ3v) is 3.37. The Hall–Kier alpha value is -1.72. The van der Waals surface area contributed by atoms with Crippen molar-refractivity contribution in [2.24, 2.45) is 5.84 Å². The lowest BCUT2D eigenvalue weighted by Crippen LogP contribution is -2.30. The van der Waals surface area contributed by atoms with Crippen LogP contribution in [0.25, 0.3) is 0 Å². The highest BCUT2D eigenvalue weighted by molar-refractivity contribution is 5.31. The first-order valence-corrected chi connectivity index (χ1v) is 7.05. The van der Waals surface area contributed by atoms with Gasteiger partial charge >= 0.3 is 0 Å². The average Bonchev–Trinajstić information content (AvgIpc) is 2.82. The van der Waals surface area contributed by atoms with Gasteiger partial charge < -0.3 is 0 Å². The Balaban J connectivity index is 2.22. The number of nitrogens with zero attached hydrogens (tertiary/aromatic N) is 3. The van der Waals surface area contributed by atoms with Crippen LogP contribution in [0.15, 0.2) is 24.5 Å². The smallest absolute Gasteiger partial charge is 0.138 e. The van der Waals surface area contributed by atoms with Gasteiger partial charge in [0, 0.05) is 13.0 Å². The van der Waals surface area contributed by atoms with E-state index in [0.29, 0.717) is 0 Å². The van der Waals surface area contributed by atoms with Gasteiger partial charge in [-0.3, -0.25) is 16.0 Å². The quantitative estimate of drug-likeness (QED) is 0.624. The van der Waals surface area contributed by atoms with Gasteiger partial charge in [-0.2, -0.15) is 5.10 Å². The summed E-state index contributed by atoms with van der Waals surface area (Å²) < 4.78 is 1.95. The molecule has 0 saturated heterocycles. The number of rotatable bonds is 6. The number of nitrogens with one attached hydrogen (secondary N) is 1. The minimum atomic E-state index is 0.0495. The summed E-state index contributed by atoms with van der Waals surface area (Å²) in [5.74, 6) is 6.70. The van der Waals surface area contributed by atoms with Crippen molar-refractivity contribution in [3.63, 3.8) is 0 Å². The van der Waals surface area contributed by atoms with Crippen LogP contribution in [0.1, 0.15) is 41.9 Å². The summed E-state index contributed by atoms with van der Waals surface area (Å²) in [7, 11) is 0. The summed E-state index contributed by atoms with van der Waals surface area (Å²) in [5.41, 5.74) is 6.58. The maximum atomic E-state index is 5.74. The zero-order chi connectivity index (χ0) is 14.5. The monoisotopic (exact) mass is 273 g/mol. The van der Waals surface area contributed by atoms with Crippen LogP contribution in [0.3, 0.4) is 0 Å². The number of hydrogen-bond donors (Lipinski definition) is 2. The molecule has 1 unspecified atom stereocenters.